The molecule has 0 radical (unpaired) electrons. The molecule has 0 saturated carbocycles. The van der Waals surface area contributed by atoms with Crippen LogP contribution in [0.5, 0.6) is 0 Å². The van der Waals surface area contributed by atoms with Crippen LogP contribution in [-0.2, 0) is 11.3 Å². The fourth-order valence-electron chi connectivity index (χ4n) is 2.85. The summed E-state index contributed by atoms with van der Waals surface area (Å²) in [6, 6.07) is 0. The van der Waals surface area contributed by atoms with Gasteiger partial charge >= 0.3 is 0 Å². The molecule has 2 aromatic heterocycles. The Hall–Kier alpha value is -2.09. The second kappa shape index (κ2) is 6.80. The number of hydrogen-bond donors (Lipinski definition) is 0. The Balaban J connectivity index is 1.65. The summed E-state index contributed by atoms with van der Waals surface area (Å²) in [5, 5.41) is 8.75. The lowest BCUT2D eigenvalue weighted by molar-refractivity contribution is -0.133. The predicted molar refractivity (Wildman–Crippen MR) is 90.2 cm³/mol. The van der Waals surface area contributed by atoms with Gasteiger partial charge in [-0.1, -0.05) is 5.21 Å². The second-order valence-electron chi connectivity index (χ2n) is 6.23. The highest BCUT2D eigenvalue weighted by atomic mass is 32.1. The molecule has 0 spiro atoms. The van der Waals surface area contributed by atoms with Crippen LogP contribution in [0.4, 0.5) is 0 Å². The van der Waals surface area contributed by atoms with E-state index in [0.717, 1.165) is 30.1 Å². The fourth-order valence-corrected chi connectivity index (χ4v) is 3.90. The number of hydrogen-bond acceptors (Lipinski definition) is 6. The van der Waals surface area contributed by atoms with Gasteiger partial charge in [-0.2, -0.15) is 0 Å². The predicted octanol–water partition coefficient (Wildman–Crippen LogP) is 1.96. The van der Waals surface area contributed by atoms with Gasteiger partial charge in [0.1, 0.15) is 12.2 Å². The number of amides is 1. The number of carbonyl (C=O) groups excluding carboxylic acids is 2. The molecule has 1 aliphatic heterocycles. The summed E-state index contributed by atoms with van der Waals surface area (Å²) in [5.41, 5.74) is 1.37. The SMILES string of the molecule is CC(=O)c1cn(CC(=O)N2CCCC(c3nc(C)c(C)s3)C2)nn1. The van der Waals surface area contributed by atoms with Crippen molar-refractivity contribution in [2.45, 2.75) is 46.1 Å². The van der Waals surface area contributed by atoms with Crippen LogP contribution in [0.3, 0.4) is 0 Å². The second-order valence-corrected chi connectivity index (χ2v) is 7.46. The molecule has 3 rings (SSSR count). The van der Waals surface area contributed by atoms with E-state index >= 15 is 0 Å². The molecule has 2 aromatic rings. The monoisotopic (exact) mass is 347 g/mol. The van der Waals surface area contributed by atoms with Crippen molar-refractivity contribution in [3.05, 3.63) is 27.5 Å². The Morgan fingerprint density at radius 2 is 2.17 bits per heavy atom. The largest absolute Gasteiger partial charge is 0.340 e. The van der Waals surface area contributed by atoms with Crippen molar-refractivity contribution in [1.29, 1.82) is 0 Å². The third-order valence-corrected chi connectivity index (χ3v) is 5.60. The zero-order chi connectivity index (χ0) is 17.3. The maximum absolute atomic E-state index is 12.5. The lowest BCUT2D eigenvalue weighted by Crippen LogP contribution is -2.40. The molecule has 7 nitrogen and oxygen atoms in total. The van der Waals surface area contributed by atoms with E-state index in [9.17, 15) is 9.59 Å². The summed E-state index contributed by atoms with van der Waals surface area (Å²) >= 11 is 1.73. The van der Waals surface area contributed by atoms with Crippen molar-refractivity contribution in [2.24, 2.45) is 0 Å². The normalized spacial score (nSPS) is 18.0. The number of aromatic nitrogens is 4. The van der Waals surface area contributed by atoms with Crippen molar-refractivity contribution >= 4 is 23.0 Å². The molecule has 1 amide bonds. The zero-order valence-corrected chi connectivity index (χ0v) is 15.0. The van der Waals surface area contributed by atoms with E-state index in [4.69, 9.17) is 0 Å². The van der Waals surface area contributed by atoms with Crippen LogP contribution >= 0.6 is 11.3 Å². The molecule has 0 bridgehead atoms. The Bertz CT molecular complexity index is 747. The third kappa shape index (κ3) is 3.53. The molecular weight excluding hydrogens is 326 g/mol. The number of aryl methyl sites for hydroxylation is 2. The van der Waals surface area contributed by atoms with Gasteiger partial charge < -0.3 is 4.90 Å². The quantitative estimate of drug-likeness (QED) is 0.790. The minimum Gasteiger partial charge on any atom is -0.340 e. The van der Waals surface area contributed by atoms with Crippen LogP contribution in [-0.4, -0.2) is 49.7 Å². The first-order valence-corrected chi connectivity index (χ1v) is 8.88. The fraction of sp³-hybridized carbons (Fsp3) is 0.562. The Kier molecular flexibility index (Phi) is 4.75. The van der Waals surface area contributed by atoms with Crippen molar-refractivity contribution in [3.8, 4) is 0 Å². The number of Topliss-reactive ketones (excluding diaryl/α,β-unsaturated/α-hetero) is 1. The molecule has 0 aliphatic carbocycles. The van der Waals surface area contributed by atoms with Gasteiger partial charge in [0.2, 0.25) is 5.91 Å². The van der Waals surface area contributed by atoms with E-state index in [1.807, 2.05) is 11.8 Å². The lowest BCUT2D eigenvalue weighted by Gasteiger charge is -2.31. The number of nitrogens with zero attached hydrogens (tertiary/aromatic N) is 5. The topological polar surface area (TPSA) is 81.0 Å². The van der Waals surface area contributed by atoms with Gasteiger partial charge in [0.15, 0.2) is 5.78 Å². The summed E-state index contributed by atoms with van der Waals surface area (Å²) < 4.78 is 1.43. The van der Waals surface area contributed by atoms with Crippen molar-refractivity contribution in [1.82, 2.24) is 24.9 Å². The number of thiazole rings is 1. The van der Waals surface area contributed by atoms with E-state index in [0.29, 0.717) is 12.5 Å². The van der Waals surface area contributed by atoms with E-state index in [1.54, 1.807) is 11.3 Å². The molecule has 0 N–H and O–H groups in total. The van der Waals surface area contributed by atoms with Gasteiger partial charge in [0.25, 0.3) is 0 Å². The van der Waals surface area contributed by atoms with Crippen LogP contribution < -0.4 is 0 Å². The molecule has 3 heterocycles. The first-order chi connectivity index (χ1) is 11.4. The van der Waals surface area contributed by atoms with Crippen LogP contribution in [0.25, 0.3) is 0 Å². The highest BCUT2D eigenvalue weighted by Crippen LogP contribution is 2.31. The van der Waals surface area contributed by atoms with Gasteiger partial charge in [0, 0.05) is 30.8 Å². The molecule has 1 saturated heterocycles. The minimum absolute atomic E-state index is 0.00435. The van der Waals surface area contributed by atoms with Crippen molar-refractivity contribution in [3.63, 3.8) is 0 Å². The zero-order valence-electron chi connectivity index (χ0n) is 14.2. The molecule has 0 aromatic carbocycles. The summed E-state index contributed by atoms with van der Waals surface area (Å²) in [7, 11) is 0. The average molecular weight is 347 g/mol. The molecular formula is C16H21N5O2S. The van der Waals surface area contributed by atoms with Crippen molar-refractivity contribution in [2.75, 3.05) is 13.1 Å². The number of carbonyl (C=O) groups is 2. The van der Waals surface area contributed by atoms with E-state index in [2.05, 4.69) is 22.2 Å². The van der Waals surface area contributed by atoms with Gasteiger partial charge in [-0.15, -0.1) is 16.4 Å². The van der Waals surface area contributed by atoms with Crippen LogP contribution in [0, 0.1) is 13.8 Å². The highest BCUT2D eigenvalue weighted by Gasteiger charge is 2.27. The molecule has 1 unspecified atom stereocenters. The Labute approximate surface area is 144 Å². The van der Waals surface area contributed by atoms with Crippen LogP contribution in [0.1, 0.15) is 51.8 Å². The first-order valence-electron chi connectivity index (χ1n) is 8.07. The Morgan fingerprint density at radius 1 is 1.38 bits per heavy atom. The number of ketones is 1. The molecule has 128 valence electrons. The molecule has 1 fully saturated rings. The Morgan fingerprint density at radius 3 is 2.79 bits per heavy atom. The average Bonchev–Trinajstić information content (AvgIpc) is 3.15. The maximum atomic E-state index is 12.5. The molecule has 1 atom stereocenters. The smallest absolute Gasteiger partial charge is 0.244 e. The number of likely N-dealkylation sites (tertiary alicyclic amines) is 1. The summed E-state index contributed by atoms with van der Waals surface area (Å²) in [6.07, 6.45) is 3.56. The van der Waals surface area contributed by atoms with Gasteiger partial charge in [-0.05, 0) is 26.7 Å². The van der Waals surface area contributed by atoms with Crippen LogP contribution in [0.2, 0.25) is 0 Å². The summed E-state index contributed by atoms with van der Waals surface area (Å²) in [6.45, 7) is 7.11. The van der Waals surface area contributed by atoms with Crippen molar-refractivity contribution < 1.29 is 9.59 Å². The summed E-state index contributed by atoms with van der Waals surface area (Å²) in [4.78, 5) is 31.6. The minimum atomic E-state index is -0.152. The standard InChI is InChI=1S/C16H21N5O2S/c1-10-12(3)24-16(17-10)13-5-4-6-20(7-13)15(23)9-21-8-14(11(2)22)18-19-21/h8,13H,4-7,9H2,1-3H3. The van der Waals surface area contributed by atoms with E-state index in [-0.39, 0.29) is 23.9 Å². The highest BCUT2D eigenvalue weighted by molar-refractivity contribution is 7.11. The number of rotatable bonds is 4. The third-order valence-electron chi connectivity index (χ3n) is 4.37. The van der Waals surface area contributed by atoms with Gasteiger partial charge in [-0.25, -0.2) is 9.67 Å². The first kappa shape index (κ1) is 16.8. The molecule has 24 heavy (non-hydrogen) atoms. The van der Waals surface area contributed by atoms with Gasteiger partial charge in [-0.3, -0.25) is 9.59 Å². The van der Waals surface area contributed by atoms with Gasteiger partial charge in [0.05, 0.1) is 16.9 Å². The number of piperidine rings is 1. The maximum Gasteiger partial charge on any atom is 0.244 e. The van der Waals surface area contributed by atoms with E-state index < -0.39 is 0 Å². The van der Waals surface area contributed by atoms with E-state index in [1.165, 1.54) is 22.7 Å². The molecule has 1 aliphatic rings. The summed E-state index contributed by atoms with van der Waals surface area (Å²) in [5.74, 6) is 0.162. The molecule has 8 heteroatoms. The van der Waals surface area contributed by atoms with Crippen LogP contribution in [0.15, 0.2) is 6.20 Å². The lowest BCUT2D eigenvalue weighted by atomic mass is 9.98.